The predicted molar refractivity (Wildman–Crippen MR) is 68.7 cm³/mol. The molecule has 0 spiro atoms. The van der Waals surface area contributed by atoms with E-state index in [0.717, 1.165) is 31.0 Å². The summed E-state index contributed by atoms with van der Waals surface area (Å²) in [5.74, 6) is 1.33. The number of nitrogens with zero attached hydrogens (tertiary/aromatic N) is 1. The third kappa shape index (κ3) is 3.96. The fourth-order valence-electron chi connectivity index (χ4n) is 1.73. The van der Waals surface area contributed by atoms with Crippen LogP contribution in [0.15, 0.2) is 29.1 Å². The molecule has 0 saturated carbocycles. The summed E-state index contributed by atoms with van der Waals surface area (Å²) in [6.45, 7) is 1.45. The van der Waals surface area contributed by atoms with Crippen LogP contribution in [0.3, 0.4) is 0 Å². The SMILES string of the molecule is COC(=O)c1coc(CNCCCc2ncc[nH]2)c1. The second-order valence-corrected chi connectivity index (χ2v) is 4.11. The number of carbonyl (C=O) groups is 1. The third-order valence-electron chi connectivity index (χ3n) is 2.70. The first kappa shape index (κ1) is 13.4. The van der Waals surface area contributed by atoms with Gasteiger partial charge in [0.05, 0.1) is 19.2 Å². The predicted octanol–water partition coefficient (Wildman–Crippen LogP) is 1.51. The standard InChI is InChI=1S/C13H17N3O3/c1-18-13(17)10-7-11(19-9-10)8-14-4-2-3-12-15-5-6-16-12/h5-7,9,14H,2-4,8H2,1H3,(H,15,16). The molecule has 2 aromatic heterocycles. The highest BCUT2D eigenvalue weighted by atomic mass is 16.5. The summed E-state index contributed by atoms with van der Waals surface area (Å²) in [5, 5.41) is 3.25. The molecule has 0 amide bonds. The maximum atomic E-state index is 11.2. The zero-order valence-electron chi connectivity index (χ0n) is 10.8. The average Bonchev–Trinajstić information content (AvgIpc) is 3.08. The third-order valence-corrected chi connectivity index (χ3v) is 2.70. The molecular formula is C13H17N3O3. The van der Waals surface area contributed by atoms with E-state index in [1.807, 2.05) is 6.20 Å². The van der Waals surface area contributed by atoms with Gasteiger partial charge in [-0.15, -0.1) is 0 Å². The molecule has 6 nitrogen and oxygen atoms in total. The quantitative estimate of drug-likeness (QED) is 0.584. The molecule has 0 radical (unpaired) electrons. The summed E-state index contributed by atoms with van der Waals surface area (Å²) in [7, 11) is 1.35. The van der Waals surface area contributed by atoms with E-state index in [9.17, 15) is 4.79 Å². The molecule has 0 aliphatic rings. The number of hydrogen-bond donors (Lipinski definition) is 2. The monoisotopic (exact) mass is 263 g/mol. The van der Waals surface area contributed by atoms with Crippen molar-refractivity contribution in [3.05, 3.63) is 41.9 Å². The van der Waals surface area contributed by atoms with Gasteiger partial charge in [-0.25, -0.2) is 9.78 Å². The summed E-state index contributed by atoms with van der Waals surface area (Å²) in [6.07, 6.45) is 6.87. The number of esters is 1. The Bertz CT molecular complexity index is 505. The lowest BCUT2D eigenvalue weighted by Gasteiger charge is -2.01. The topological polar surface area (TPSA) is 80.2 Å². The first-order valence-corrected chi connectivity index (χ1v) is 6.14. The minimum absolute atomic E-state index is 0.382. The van der Waals surface area contributed by atoms with Gasteiger partial charge in [-0.05, 0) is 19.0 Å². The maximum absolute atomic E-state index is 11.2. The van der Waals surface area contributed by atoms with E-state index in [2.05, 4.69) is 20.0 Å². The molecule has 0 unspecified atom stereocenters. The summed E-state index contributed by atoms with van der Waals surface area (Å²) in [6, 6.07) is 1.69. The van der Waals surface area contributed by atoms with Crippen LogP contribution in [-0.2, 0) is 17.7 Å². The number of nitrogens with one attached hydrogen (secondary N) is 2. The Morgan fingerprint density at radius 2 is 2.47 bits per heavy atom. The van der Waals surface area contributed by atoms with Gasteiger partial charge in [-0.2, -0.15) is 0 Å². The number of ether oxygens (including phenoxy) is 1. The van der Waals surface area contributed by atoms with Crippen molar-refractivity contribution in [1.29, 1.82) is 0 Å². The van der Waals surface area contributed by atoms with Crippen molar-refractivity contribution in [2.75, 3.05) is 13.7 Å². The molecule has 2 rings (SSSR count). The van der Waals surface area contributed by atoms with E-state index in [1.54, 1.807) is 12.3 Å². The second-order valence-electron chi connectivity index (χ2n) is 4.11. The van der Waals surface area contributed by atoms with Crippen molar-refractivity contribution in [2.45, 2.75) is 19.4 Å². The zero-order valence-corrected chi connectivity index (χ0v) is 10.8. The van der Waals surface area contributed by atoms with Crippen molar-refractivity contribution in [3.8, 4) is 0 Å². The molecule has 0 bridgehead atoms. The Morgan fingerprint density at radius 3 is 3.21 bits per heavy atom. The zero-order chi connectivity index (χ0) is 13.5. The Kier molecular flexibility index (Phi) is 4.74. The van der Waals surface area contributed by atoms with Crippen LogP contribution in [0.25, 0.3) is 0 Å². The molecule has 0 aliphatic heterocycles. The van der Waals surface area contributed by atoms with E-state index in [1.165, 1.54) is 13.4 Å². The van der Waals surface area contributed by atoms with Gasteiger partial charge in [0.1, 0.15) is 17.8 Å². The molecule has 19 heavy (non-hydrogen) atoms. The Balaban J connectivity index is 1.65. The Morgan fingerprint density at radius 1 is 1.58 bits per heavy atom. The molecule has 6 heteroatoms. The lowest BCUT2D eigenvalue weighted by atomic mass is 10.3. The molecule has 0 saturated heterocycles. The number of aryl methyl sites for hydroxylation is 1. The molecule has 0 aliphatic carbocycles. The Labute approximate surface area is 111 Å². The fraction of sp³-hybridized carbons (Fsp3) is 0.385. The maximum Gasteiger partial charge on any atom is 0.341 e. The van der Waals surface area contributed by atoms with E-state index >= 15 is 0 Å². The lowest BCUT2D eigenvalue weighted by Crippen LogP contribution is -2.15. The number of carbonyl (C=O) groups excluding carboxylic acids is 1. The van der Waals surface area contributed by atoms with Gasteiger partial charge in [-0.1, -0.05) is 0 Å². The first-order chi connectivity index (χ1) is 9.29. The second kappa shape index (κ2) is 6.75. The Hall–Kier alpha value is -2.08. The molecular weight excluding hydrogens is 246 g/mol. The summed E-state index contributed by atoms with van der Waals surface area (Å²) >= 11 is 0. The van der Waals surface area contributed by atoms with Gasteiger partial charge in [0, 0.05) is 18.8 Å². The summed E-state index contributed by atoms with van der Waals surface area (Å²) in [5.41, 5.74) is 0.440. The van der Waals surface area contributed by atoms with Gasteiger partial charge in [0.15, 0.2) is 0 Å². The van der Waals surface area contributed by atoms with Crippen molar-refractivity contribution in [1.82, 2.24) is 15.3 Å². The minimum Gasteiger partial charge on any atom is -0.467 e. The van der Waals surface area contributed by atoms with Crippen molar-refractivity contribution >= 4 is 5.97 Å². The van der Waals surface area contributed by atoms with Gasteiger partial charge in [0.25, 0.3) is 0 Å². The number of furan rings is 1. The molecule has 2 N–H and O–H groups in total. The van der Waals surface area contributed by atoms with Crippen molar-refractivity contribution in [3.63, 3.8) is 0 Å². The van der Waals surface area contributed by atoms with Crippen LogP contribution in [-0.4, -0.2) is 29.6 Å². The van der Waals surface area contributed by atoms with Crippen LogP contribution in [0, 0.1) is 0 Å². The lowest BCUT2D eigenvalue weighted by molar-refractivity contribution is 0.0600. The highest BCUT2D eigenvalue weighted by Gasteiger charge is 2.09. The summed E-state index contributed by atoms with van der Waals surface area (Å²) in [4.78, 5) is 18.4. The molecule has 0 aromatic carbocycles. The number of hydrogen-bond acceptors (Lipinski definition) is 5. The smallest absolute Gasteiger partial charge is 0.341 e. The normalized spacial score (nSPS) is 10.6. The van der Waals surface area contributed by atoms with Crippen LogP contribution in [0.1, 0.15) is 28.4 Å². The van der Waals surface area contributed by atoms with E-state index in [4.69, 9.17) is 4.42 Å². The highest BCUT2D eigenvalue weighted by Crippen LogP contribution is 2.08. The molecule has 0 atom stereocenters. The van der Waals surface area contributed by atoms with Crippen LogP contribution in [0.2, 0.25) is 0 Å². The fourth-order valence-corrected chi connectivity index (χ4v) is 1.73. The van der Waals surface area contributed by atoms with Crippen LogP contribution in [0.4, 0.5) is 0 Å². The largest absolute Gasteiger partial charge is 0.467 e. The number of H-pyrrole nitrogens is 1. The molecule has 0 fully saturated rings. The van der Waals surface area contributed by atoms with Gasteiger partial charge >= 0.3 is 5.97 Å². The molecule has 2 aromatic rings. The highest BCUT2D eigenvalue weighted by molar-refractivity contribution is 5.88. The number of methoxy groups -OCH3 is 1. The van der Waals surface area contributed by atoms with Gasteiger partial charge in [0.2, 0.25) is 0 Å². The molecule has 2 heterocycles. The number of rotatable bonds is 7. The molecule has 102 valence electrons. The van der Waals surface area contributed by atoms with E-state index in [0.29, 0.717) is 12.1 Å². The number of aromatic amines is 1. The van der Waals surface area contributed by atoms with Crippen molar-refractivity contribution < 1.29 is 13.9 Å². The van der Waals surface area contributed by atoms with Crippen LogP contribution in [0.5, 0.6) is 0 Å². The minimum atomic E-state index is -0.382. The van der Waals surface area contributed by atoms with Crippen molar-refractivity contribution in [2.24, 2.45) is 0 Å². The van der Waals surface area contributed by atoms with Crippen LogP contribution >= 0.6 is 0 Å². The van der Waals surface area contributed by atoms with Gasteiger partial charge in [-0.3, -0.25) is 0 Å². The van der Waals surface area contributed by atoms with E-state index < -0.39 is 0 Å². The first-order valence-electron chi connectivity index (χ1n) is 6.14. The number of aromatic nitrogens is 2. The van der Waals surface area contributed by atoms with Crippen LogP contribution < -0.4 is 5.32 Å². The number of imidazole rings is 1. The average molecular weight is 263 g/mol. The van der Waals surface area contributed by atoms with Gasteiger partial charge < -0.3 is 19.5 Å². The van der Waals surface area contributed by atoms with E-state index in [-0.39, 0.29) is 5.97 Å². The summed E-state index contributed by atoms with van der Waals surface area (Å²) < 4.78 is 9.86.